The molecule has 0 radical (unpaired) electrons. The van der Waals surface area contributed by atoms with E-state index in [1.807, 2.05) is 0 Å². The quantitative estimate of drug-likeness (QED) is 0.625. The number of para-hydroxylation sites is 1. The lowest BCUT2D eigenvalue weighted by molar-refractivity contribution is 0.0959. The number of carbonyl (C=O) groups excluding carboxylic acids is 1. The van der Waals surface area contributed by atoms with Gasteiger partial charge in [0.1, 0.15) is 5.52 Å². The average molecular weight is 398 g/mol. The first-order valence-electron chi connectivity index (χ1n) is 7.07. The number of benzene rings is 2. The van der Waals surface area contributed by atoms with Crippen molar-refractivity contribution >= 4 is 55.8 Å². The van der Waals surface area contributed by atoms with Crippen LogP contribution in [0.15, 0.2) is 30.3 Å². The zero-order valence-corrected chi connectivity index (χ0v) is 15.6. The van der Waals surface area contributed by atoms with E-state index >= 15 is 0 Å². The Balaban J connectivity index is 1.81. The Hall–Kier alpha value is -2.22. The van der Waals surface area contributed by atoms with Crippen molar-refractivity contribution in [3.05, 3.63) is 45.9 Å². The average Bonchev–Trinajstić information content (AvgIpc) is 3.07. The van der Waals surface area contributed by atoms with Crippen LogP contribution < -0.4 is 20.3 Å². The Kier molecular flexibility index (Phi) is 5.17. The molecule has 0 saturated carbocycles. The Morgan fingerprint density at radius 3 is 2.56 bits per heavy atom. The first-order chi connectivity index (χ1) is 12.0. The van der Waals surface area contributed by atoms with Gasteiger partial charge in [0.2, 0.25) is 5.13 Å². The third-order valence-corrected chi connectivity index (χ3v) is 5.11. The first kappa shape index (κ1) is 17.6. The number of nitrogens with one attached hydrogen (secondary N) is 2. The molecular weight excluding hydrogens is 385 g/mol. The number of rotatable bonds is 5. The van der Waals surface area contributed by atoms with Crippen molar-refractivity contribution in [3.8, 4) is 11.5 Å². The predicted molar refractivity (Wildman–Crippen MR) is 100 cm³/mol. The number of hydrazine groups is 1. The lowest BCUT2D eigenvalue weighted by Gasteiger charge is -2.12. The third kappa shape index (κ3) is 3.44. The highest BCUT2D eigenvalue weighted by Crippen LogP contribution is 2.36. The summed E-state index contributed by atoms with van der Waals surface area (Å²) < 4.78 is 11.2. The zero-order chi connectivity index (χ0) is 18.0. The Morgan fingerprint density at radius 1 is 1.12 bits per heavy atom. The zero-order valence-electron chi connectivity index (χ0n) is 13.2. The number of aromatic nitrogens is 1. The number of amides is 1. The van der Waals surface area contributed by atoms with Crippen LogP contribution >= 0.6 is 34.5 Å². The number of anilines is 1. The number of halogens is 2. The maximum atomic E-state index is 12.4. The molecule has 0 aliphatic heterocycles. The van der Waals surface area contributed by atoms with E-state index in [-0.39, 0.29) is 0 Å². The fourth-order valence-corrected chi connectivity index (χ4v) is 3.62. The van der Waals surface area contributed by atoms with Crippen molar-refractivity contribution in [3.63, 3.8) is 0 Å². The second kappa shape index (κ2) is 7.35. The molecule has 0 spiro atoms. The summed E-state index contributed by atoms with van der Waals surface area (Å²) >= 11 is 13.5. The third-order valence-electron chi connectivity index (χ3n) is 3.38. The van der Waals surface area contributed by atoms with E-state index in [4.69, 9.17) is 32.7 Å². The van der Waals surface area contributed by atoms with Gasteiger partial charge in [-0.1, -0.05) is 40.6 Å². The van der Waals surface area contributed by atoms with E-state index in [1.165, 1.54) is 25.6 Å². The maximum absolute atomic E-state index is 12.4. The van der Waals surface area contributed by atoms with Crippen molar-refractivity contribution in [2.24, 2.45) is 0 Å². The number of hydrogen-bond donors (Lipinski definition) is 2. The molecule has 0 saturated heterocycles. The van der Waals surface area contributed by atoms with Gasteiger partial charge in [0, 0.05) is 0 Å². The minimum atomic E-state index is -0.396. The van der Waals surface area contributed by atoms with E-state index in [9.17, 15) is 4.79 Å². The van der Waals surface area contributed by atoms with Gasteiger partial charge < -0.3 is 9.47 Å². The summed E-state index contributed by atoms with van der Waals surface area (Å²) in [5.41, 5.74) is 6.25. The van der Waals surface area contributed by atoms with Crippen LogP contribution in [0.5, 0.6) is 11.5 Å². The second-order valence-electron chi connectivity index (χ2n) is 4.85. The first-order valence-corrected chi connectivity index (χ1v) is 8.64. The molecular formula is C16H13Cl2N3O3S. The summed E-state index contributed by atoms with van der Waals surface area (Å²) in [5, 5.41) is 1.50. The molecule has 25 heavy (non-hydrogen) atoms. The van der Waals surface area contributed by atoms with Crippen LogP contribution in [0.4, 0.5) is 5.13 Å². The van der Waals surface area contributed by atoms with Gasteiger partial charge in [-0.25, -0.2) is 4.98 Å². The van der Waals surface area contributed by atoms with E-state index in [1.54, 1.807) is 30.3 Å². The van der Waals surface area contributed by atoms with Crippen LogP contribution in [0.25, 0.3) is 10.2 Å². The van der Waals surface area contributed by atoms with Crippen LogP contribution in [0.1, 0.15) is 10.4 Å². The molecule has 0 aliphatic carbocycles. The Labute approximate surface area is 157 Å². The van der Waals surface area contributed by atoms with Gasteiger partial charge in [-0.15, -0.1) is 0 Å². The molecule has 0 aliphatic rings. The number of ether oxygens (including phenoxy) is 2. The largest absolute Gasteiger partial charge is 0.493 e. The summed E-state index contributed by atoms with van der Waals surface area (Å²) in [5.74, 6) is 0.417. The molecule has 0 bridgehead atoms. The maximum Gasteiger partial charge on any atom is 0.273 e. The van der Waals surface area contributed by atoms with Gasteiger partial charge in [-0.3, -0.25) is 15.6 Å². The highest BCUT2D eigenvalue weighted by atomic mass is 35.5. The normalized spacial score (nSPS) is 10.6. The predicted octanol–water partition coefficient (Wildman–Crippen LogP) is 4.38. The van der Waals surface area contributed by atoms with Crippen LogP contribution in [0.3, 0.4) is 0 Å². The summed E-state index contributed by atoms with van der Waals surface area (Å²) in [4.78, 5) is 16.8. The molecule has 6 nitrogen and oxygen atoms in total. The van der Waals surface area contributed by atoms with Crippen molar-refractivity contribution < 1.29 is 14.3 Å². The van der Waals surface area contributed by atoms with Gasteiger partial charge in [0.25, 0.3) is 5.91 Å². The van der Waals surface area contributed by atoms with Gasteiger partial charge >= 0.3 is 0 Å². The Morgan fingerprint density at radius 2 is 1.88 bits per heavy atom. The molecule has 130 valence electrons. The van der Waals surface area contributed by atoms with Crippen molar-refractivity contribution in [1.82, 2.24) is 10.4 Å². The van der Waals surface area contributed by atoms with Crippen LogP contribution in [0, 0.1) is 0 Å². The molecule has 2 aromatic carbocycles. The highest BCUT2D eigenvalue weighted by Gasteiger charge is 2.17. The van der Waals surface area contributed by atoms with Crippen molar-refractivity contribution in [1.29, 1.82) is 0 Å². The molecule has 3 aromatic rings. The summed E-state index contributed by atoms with van der Waals surface area (Å²) in [6, 6.07) is 8.42. The number of thiazole rings is 1. The van der Waals surface area contributed by atoms with E-state index in [0.29, 0.717) is 37.8 Å². The number of methoxy groups -OCH3 is 2. The van der Waals surface area contributed by atoms with E-state index in [2.05, 4.69) is 15.8 Å². The lowest BCUT2D eigenvalue weighted by Crippen LogP contribution is -2.29. The van der Waals surface area contributed by atoms with Crippen LogP contribution in [0.2, 0.25) is 10.0 Å². The smallest absolute Gasteiger partial charge is 0.273 e. The highest BCUT2D eigenvalue weighted by molar-refractivity contribution is 7.22. The topological polar surface area (TPSA) is 72.5 Å². The van der Waals surface area contributed by atoms with Gasteiger partial charge in [0.15, 0.2) is 11.5 Å². The standard InChI is InChI=1S/C16H13Cl2N3O3S/c1-23-11-5-3-4-8(13(11)24-2)15(22)20-21-16-19-12-9(17)6-7-10(18)14(12)25-16/h3-7H,1-2H3,(H,19,21)(H,20,22). The van der Waals surface area contributed by atoms with E-state index in [0.717, 1.165) is 4.70 Å². The SMILES string of the molecule is COc1cccc(C(=O)NNc2nc3c(Cl)ccc(Cl)c3s2)c1OC. The van der Waals surface area contributed by atoms with Gasteiger partial charge in [-0.2, -0.15) is 0 Å². The molecule has 1 amide bonds. The fraction of sp³-hybridized carbons (Fsp3) is 0.125. The molecule has 1 heterocycles. The minimum Gasteiger partial charge on any atom is -0.493 e. The molecule has 1 aromatic heterocycles. The van der Waals surface area contributed by atoms with Crippen LogP contribution in [-0.2, 0) is 0 Å². The summed E-state index contributed by atoms with van der Waals surface area (Å²) in [6.07, 6.45) is 0. The van der Waals surface area contributed by atoms with Gasteiger partial charge in [-0.05, 0) is 24.3 Å². The summed E-state index contributed by atoms with van der Waals surface area (Å²) in [6.45, 7) is 0. The fourth-order valence-electron chi connectivity index (χ4n) is 2.24. The number of nitrogens with zero attached hydrogens (tertiary/aromatic N) is 1. The molecule has 3 rings (SSSR count). The van der Waals surface area contributed by atoms with Crippen LogP contribution in [-0.4, -0.2) is 25.1 Å². The number of hydrogen-bond acceptors (Lipinski definition) is 6. The minimum absolute atomic E-state index is 0.325. The molecule has 9 heteroatoms. The lowest BCUT2D eigenvalue weighted by atomic mass is 10.2. The number of carbonyl (C=O) groups is 1. The second-order valence-corrected chi connectivity index (χ2v) is 6.66. The van der Waals surface area contributed by atoms with Crippen molar-refractivity contribution in [2.75, 3.05) is 19.6 Å². The summed E-state index contributed by atoms with van der Waals surface area (Å²) in [7, 11) is 2.98. The van der Waals surface area contributed by atoms with Gasteiger partial charge in [0.05, 0.1) is 34.5 Å². The molecule has 0 unspecified atom stereocenters. The Bertz CT molecular complexity index is 907. The number of fused-ring (bicyclic) bond motifs is 1. The van der Waals surface area contributed by atoms with Crippen molar-refractivity contribution in [2.45, 2.75) is 0 Å². The molecule has 0 fully saturated rings. The molecule has 0 atom stereocenters. The van der Waals surface area contributed by atoms with E-state index < -0.39 is 5.91 Å². The molecule has 2 N–H and O–H groups in total. The monoisotopic (exact) mass is 397 g/mol.